The summed E-state index contributed by atoms with van der Waals surface area (Å²) >= 11 is 0. The Morgan fingerprint density at radius 1 is 1.20 bits per heavy atom. The highest BCUT2D eigenvalue weighted by Crippen LogP contribution is 2.09. The summed E-state index contributed by atoms with van der Waals surface area (Å²) in [7, 11) is 0. The third-order valence-electron chi connectivity index (χ3n) is 2.58. The molecule has 1 aliphatic heterocycles. The summed E-state index contributed by atoms with van der Waals surface area (Å²) in [6.45, 7) is 0.971. The predicted octanol–water partition coefficient (Wildman–Crippen LogP) is 1.61. The van der Waals surface area contributed by atoms with Crippen molar-refractivity contribution in [3.05, 3.63) is 42.1 Å². The van der Waals surface area contributed by atoms with Crippen molar-refractivity contribution in [2.45, 2.75) is 19.3 Å². The van der Waals surface area contributed by atoms with Gasteiger partial charge in [0.1, 0.15) is 12.8 Å². The lowest BCUT2D eigenvalue weighted by atomic mass is 10.2. The van der Waals surface area contributed by atoms with E-state index in [1.54, 1.807) is 6.20 Å². The Morgan fingerprint density at radius 3 is 2.67 bits per heavy atom. The van der Waals surface area contributed by atoms with Gasteiger partial charge in [-0.25, -0.2) is 4.58 Å². The molecular formula is C13H15NO. The van der Waals surface area contributed by atoms with E-state index in [0.29, 0.717) is 0 Å². The Balaban J connectivity index is 2.16. The van der Waals surface area contributed by atoms with Crippen molar-refractivity contribution in [1.82, 2.24) is 0 Å². The highest BCUT2D eigenvalue weighted by molar-refractivity contribution is 5.57. The molecule has 0 saturated carbocycles. The van der Waals surface area contributed by atoms with Gasteiger partial charge in [0, 0.05) is 12.8 Å². The van der Waals surface area contributed by atoms with E-state index in [4.69, 9.17) is 0 Å². The highest BCUT2D eigenvalue weighted by atomic mass is 16.3. The average Bonchev–Trinajstić information content (AvgIpc) is 2.31. The van der Waals surface area contributed by atoms with E-state index in [1.165, 1.54) is 12.8 Å². The van der Waals surface area contributed by atoms with Crippen LogP contribution < -0.4 is 5.11 Å². The first-order valence-electron chi connectivity index (χ1n) is 5.39. The monoisotopic (exact) mass is 201 g/mol. The molecule has 1 aromatic carbocycles. The molecule has 0 fully saturated rings. The van der Waals surface area contributed by atoms with E-state index in [9.17, 15) is 5.11 Å². The maximum absolute atomic E-state index is 11.8. The maximum Gasteiger partial charge on any atom is 0.161 e. The summed E-state index contributed by atoms with van der Waals surface area (Å²) < 4.78 is 2.01. The first-order valence-corrected chi connectivity index (χ1v) is 5.39. The molecule has 0 spiro atoms. The molecule has 78 valence electrons. The van der Waals surface area contributed by atoms with Crippen LogP contribution in [0.3, 0.4) is 0 Å². The largest absolute Gasteiger partial charge is 0.868 e. The average molecular weight is 201 g/mol. The van der Waals surface area contributed by atoms with Crippen molar-refractivity contribution < 1.29 is 9.68 Å². The zero-order valence-corrected chi connectivity index (χ0v) is 8.73. The van der Waals surface area contributed by atoms with Crippen LogP contribution in [0, 0.1) is 0 Å². The number of hydrogen-bond acceptors (Lipinski definition) is 1. The molecule has 2 nitrogen and oxygen atoms in total. The fourth-order valence-corrected chi connectivity index (χ4v) is 1.73. The van der Waals surface area contributed by atoms with Gasteiger partial charge in [0.25, 0.3) is 0 Å². The van der Waals surface area contributed by atoms with E-state index in [-0.39, 0.29) is 5.76 Å². The van der Waals surface area contributed by atoms with Crippen LogP contribution in [0.2, 0.25) is 0 Å². The predicted molar refractivity (Wildman–Crippen MR) is 59.5 cm³/mol. The topological polar surface area (TPSA) is 26.1 Å². The summed E-state index contributed by atoms with van der Waals surface area (Å²) in [6.07, 6.45) is 7.30. The third kappa shape index (κ3) is 2.69. The maximum atomic E-state index is 11.8. The molecule has 0 unspecified atom stereocenters. The number of hydrogen-bond donors (Lipinski definition) is 0. The van der Waals surface area contributed by atoms with Gasteiger partial charge in [0.05, 0.1) is 0 Å². The molecule has 1 aromatic rings. The molecule has 2 heteroatoms. The molecule has 0 atom stereocenters. The third-order valence-corrected chi connectivity index (χ3v) is 2.58. The van der Waals surface area contributed by atoms with Crippen LogP contribution >= 0.6 is 0 Å². The Labute approximate surface area is 90.2 Å². The summed E-state index contributed by atoms with van der Waals surface area (Å²) in [4.78, 5) is 0. The molecule has 1 aliphatic rings. The molecule has 0 bridgehead atoms. The van der Waals surface area contributed by atoms with E-state index < -0.39 is 0 Å². The quantitative estimate of drug-likeness (QED) is 0.527. The lowest BCUT2D eigenvalue weighted by Crippen LogP contribution is -2.16. The molecule has 0 aliphatic carbocycles. The minimum absolute atomic E-state index is 0.0914. The van der Waals surface area contributed by atoms with E-state index in [2.05, 4.69) is 6.21 Å². The molecule has 0 saturated heterocycles. The second-order valence-electron chi connectivity index (χ2n) is 3.78. The number of nitrogens with zero attached hydrogens (tertiary/aromatic N) is 1. The van der Waals surface area contributed by atoms with Crippen molar-refractivity contribution in [1.29, 1.82) is 0 Å². The number of rotatable bonds is 2. The minimum atomic E-state index is 0.0914. The highest BCUT2D eigenvalue weighted by Gasteiger charge is 2.06. The minimum Gasteiger partial charge on any atom is -0.868 e. The number of benzene rings is 1. The van der Waals surface area contributed by atoms with Crippen LogP contribution in [-0.4, -0.2) is 17.3 Å². The summed E-state index contributed by atoms with van der Waals surface area (Å²) in [5, 5.41) is 11.8. The first kappa shape index (κ1) is 9.97. The van der Waals surface area contributed by atoms with Gasteiger partial charge in [0.15, 0.2) is 6.20 Å². The molecule has 2 rings (SSSR count). The fraction of sp³-hybridized carbons (Fsp3) is 0.308. The van der Waals surface area contributed by atoms with Crippen molar-refractivity contribution in [2.24, 2.45) is 0 Å². The Bertz CT molecular complexity index is 379. The van der Waals surface area contributed by atoms with Gasteiger partial charge in [-0.05, 0) is 17.7 Å². The van der Waals surface area contributed by atoms with Crippen molar-refractivity contribution >= 4 is 12.0 Å². The van der Waals surface area contributed by atoms with Crippen LogP contribution in [-0.2, 0) is 0 Å². The second kappa shape index (κ2) is 4.78. The van der Waals surface area contributed by atoms with Gasteiger partial charge in [0.2, 0.25) is 0 Å². The Hall–Kier alpha value is -1.57. The van der Waals surface area contributed by atoms with Gasteiger partial charge >= 0.3 is 0 Å². The molecule has 1 heterocycles. The summed E-state index contributed by atoms with van der Waals surface area (Å²) in [5.74, 6) is 0.0914. The molecular weight excluding hydrogens is 186 g/mol. The Kier molecular flexibility index (Phi) is 3.18. The van der Waals surface area contributed by atoms with Gasteiger partial charge in [-0.1, -0.05) is 30.3 Å². The molecule has 0 amide bonds. The van der Waals surface area contributed by atoms with Gasteiger partial charge in [-0.15, -0.1) is 0 Å². The smallest absolute Gasteiger partial charge is 0.161 e. The SMILES string of the molecule is [O-]/C(=C\[N+]1=CCCCC1)c1ccccc1. The van der Waals surface area contributed by atoms with Crippen LogP contribution in [0.1, 0.15) is 24.8 Å². The van der Waals surface area contributed by atoms with E-state index in [1.807, 2.05) is 34.9 Å². The second-order valence-corrected chi connectivity index (χ2v) is 3.78. The lowest BCUT2D eigenvalue weighted by molar-refractivity contribution is -0.462. The van der Waals surface area contributed by atoms with E-state index in [0.717, 1.165) is 18.5 Å². The summed E-state index contributed by atoms with van der Waals surface area (Å²) in [5.41, 5.74) is 0.761. The zero-order valence-electron chi connectivity index (χ0n) is 8.73. The van der Waals surface area contributed by atoms with Gasteiger partial charge < -0.3 is 5.11 Å². The molecule has 15 heavy (non-hydrogen) atoms. The van der Waals surface area contributed by atoms with Crippen LogP contribution in [0.25, 0.3) is 5.76 Å². The van der Waals surface area contributed by atoms with Gasteiger partial charge in [-0.3, -0.25) is 0 Å². The Morgan fingerprint density at radius 2 is 2.00 bits per heavy atom. The lowest BCUT2D eigenvalue weighted by Gasteiger charge is -2.11. The first-order chi connectivity index (χ1) is 7.36. The fourth-order valence-electron chi connectivity index (χ4n) is 1.73. The van der Waals surface area contributed by atoms with Gasteiger partial charge in [-0.2, -0.15) is 0 Å². The molecule has 0 aromatic heterocycles. The standard InChI is InChI=1S/C13H15NO/c15-13(12-7-3-1-4-8-12)11-14-9-5-2-6-10-14/h1,3-4,7-9,11H,2,5-6,10H2/b13-11-. The molecule has 0 radical (unpaired) electrons. The normalized spacial score (nSPS) is 17.3. The van der Waals surface area contributed by atoms with Crippen LogP contribution in [0.15, 0.2) is 36.5 Å². The van der Waals surface area contributed by atoms with Crippen LogP contribution in [0.4, 0.5) is 0 Å². The summed E-state index contributed by atoms with van der Waals surface area (Å²) in [6, 6.07) is 9.40. The van der Waals surface area contributed by atoms with E-state index >= 15 is 0 Å². The van der Waals surface area contributed by atoms with Crippen LogP contribution in [0.5, 0.6) is 0 Å². The van der Waals surface area contributed by atoms with Crippen molar-refractivity contribution in [3.8, 4) is 0 Å². The zero-order chi connectivity index (χ0) is 10.5. The van der Waals surface area contributed by atoms with Crippen molar-refractivity contribution in [3.63, 3.8) is 0 Å². The van der Waals surface area contributed by atoms with Crippen molar-refractivity contribution in [2.75, 3.05) is 6.54 Å². The molecule has 0 N–H and O–H groups in total.